The lowest BCUT2D eigenvalue weighted by Gasteiger charge is -2.41. The minimum absolute atomic E-state index is 0.230. The molecule has 0 N–H and O–H groups in total. The van der Waals surface area contributed by atoms with Gasteiger partial charge in [-0.05, 0) is 44.9 Å². The maximum atomic E-state index is 12.4. The lowest BCUT2D eigenvalue weighted by molar-refractivity contribution is 0.127. The Kier molecular flexibility index (Phi) is 4.99. The first-order valence-electron chi connectivity index (χ1n) is 8.77. The molecule has 2 aliphatic heterocycles. The third-order valence-corrected chi connectivity index (χ3v) is 7.94. The van der Waals surface area contributed by atoms with Gasteiger partial charge >= 0.3 is 0 Å². The van der Waals surface area contributed by atoms with Crippen molar-refractivity contribution in [2.75, 3.05) is 20.2 Å². The number of hydrogen-bond donors (Lipinski definition) is 0. The van der Waals surface area contributed by atoms with Gasteiger partial charge in [0.2, 0.25) is 10.0 Å². The second-order valence-corrected chi connectivity index (χ2v) is 9.85. The molecule has 3 rings (SSSR count). The molecule has 0 bridgehead atoms. The first-order valence-corrected chi connectivity index (χ1v) is 10.3. The summed E-state index contributed by atoms with van der Waals surface area (Å²) in [5.41, 5.74) is 0.230. The van der Waals surface area contributed by atoms with Crippen molar-refractivity contribution in [3.63, 3.8) is 0 Å². The summed E-state index contributed by atoms with van der Waals surface area (Å²) in [6.07, 6.45) is 4.92. The van der Waals surface area contributed by atoms with Crippen molar-refractivity contribution in [3.05, 3.63) is 11.6 Å². The van der Waals surface area contributed by atoms with Crippen molar-refractivity contribution in [3.8, 4) is 0 Å². The Morgan fingerprint density at radius 1 is 1.12 bits per heavy atom. The molecule has 0 aromatic carbocycles. The molecule has 0 atom stereocenters. The molecule has 7 nitrogen and oxygen atoms in total. The summed E-state index contributed by atoms with van der Waals surface area (Å²) < 4.78 is 33.8. The van der Waals surface area contributed by atoms with Gasteiger partial charge in [0, 0.05) is 33.2 Å². The van der Waals surface area contributed by atoms with Crippen LogP contribution in [0.2, 0.25) is 0 Å². The quantitative estimate of drug-likeness (QED) is 0.818. The number of aromatic nitrogens is 3. The second-order valence-electron chi connectivity index (χ2n) is 7.36. The predicted molar refractivity (Wildman–Crippen MR) is 91.0 cm³/mol. The fourth-order valence-corrected chi connectivity index (χ4v) is 5.20. The van der Waals surface area contributed by atoms with Crippen molar-refractivity contribution in [1.82, 2.24) is 19.1 Å². The van der Waals surface area contributed by atoms with E-state index in [4.69, 9.17) is 4.74 Å². The number of hydrogen-bond acceptors (Lipinski definition) is 5. The number of methoxy groups -OCH3 is 1. The highest BCUT2D eigenvalue weighted by Crippen LogP contribution is 2.42. The molecule has 2 aliphatic rings. The summed E-state index contributed by atoms with van der Waals surface area (Å²) in [5.74, 6) is 1.93. The van der Waals surface area contributed by atoms with Gasteiger partial charge in [0.15, 0.2) is 5.82 Å². The SMILES string of the molecule is COCc1nnc2n1CCC1(CC2)CCN(S(=O)(=O)C(C)C)CC1. The molecule has 24 heavy (non-hydrogen) atoms. The molecular formula is C16H28N4O3S. The summed E-state index contributed by atoms with van der Waals surface area (Å²) in [7, 11) is -1.46. The van der Waals surface area contributed by atoms with E-state index in [1.165, 1.54) is 0 Å². The Balaban J connectivity index is 1.68. The Bertz CT molecular complexity index is 675. The molecule has 1 fully saturated rings. The number of aryl methyl sites for hydroxylation is 1. The number of nitrogens with zero attached hydrogens (tertiary/aromatic N) is 4. The van der Waals surface area contributed by atoms with Crippen LogP contribution in [0.1, 0.15) is 51.2 Å². The number of rotatable bonds is 4. The maximum Gasteiger partial charge on any atom is 0.216 e. The van der Waals surface area contributed by atoms with Crippen LogP contribution in [-0.2, 0) is 34.3 Å². The lowest BCUT2D eigenvalue weighted by atomic mass is 9.73. The summed E-state index contributed by atoms with van der Waals surface area (Å²) in [6.45, 7) is 6.19. The van der Waals surface area contributed by atoms with Crippen molar-refractivity contribution in [2.45, 2.75) is 64.4 Å². The zero-order valence-corrected chi connectivity index (χ0v) is 15.7. The highest BCUT2D eigenvalue weighted by Gasteiger charge is 2.40. The van der Waals surface area contributed by atoms with E-state index in [2.05, 4.69) is 14.8 Å². The third-order valence-electron chi connectivity index (χ3n) is 5.66. The van der Waals surface area contributed by atoms with Gasteiger partial charge in [-0.2, -0.15) is 0 Å². The fourth-order valence-electron chi connectivity index (χ4n) is 3.92. The largest absolute Gasteiger partial charge is 0.377 e. The lowest BCUT2D eigenvalue weighted by Crippen LogP contribution is -2.45. The second kappa shape index (κ2) is 6.72. The number of piperidine rings is 1. The smallest absolute Gasteiger partial charge is 0.216 e. The molecule has 0 unspecified atom stereocenters. The van der Waals surface area contributed by atoms with E-state index >= 15 is 0 Å². The van der Waals surface area contributed by atoms with Crippen molar-refractivity contribution < 1.29 is 13.2 Å². The Morgan fingerprint density at radius 2 is 1.79 bits per heavy atom. The molecule has 0 radical (unpaired) electrons. The average Bonchev–Trinajstić information content (AvgIpc) is 2.85. The molecule has 1 aromatic rings. The standard InChI is InChI=1S/C16H28N4O3S/c1-13(2)24(21,22)19-9-6-16(7-10-19)5-4-14-17-18-15(12-23-3)20(14)11-8-16/h13H,4-12H2,1-3H3. The topological polar surface area (TPSA) is 77.3 Å². The minimum atomic E-state index is -3.13. The first kappa shape index (κ1) is 17.8. The van der Waals surface area contributed by atoms with Crippen LogP contribution in [0.25, 0.3) is 0 Å². The van der Waals surface area contributed by atoms with Crippen molar-refractivity contribution in [1.29, 1.82) is 0 Å². The molecule has 0 amide bonds. The summed E-state index contributed by atoms with van der Waals surface area (Å²) in [6, 6.07) is 0. The molecule has 8 heteroatoms. The van der Waals surface area contributed by atoms with Crippen LogP contribution in [0.3, 0.4) is 0 Å². The van der Waals surface area contributed by atoms with Crippen LogP contribution in [-0.4, -0.2) is 52.9 Å². The Hall–Kier alpha value is -0.990. The predicted octanol–water partition coefficient (Wildman–Crippen LogP) is 1.58. The minimum Gasteiger partial charge on any atom is -0.377 e. The zero-order chi connectivity index (χ0) is 17.4. The highest BCUT2D eigenvalue weighted by atomic mass is 32.2. The molecule has 1 saturated heterocycles. The molecular weight excluding hydrogens is 328 g/mol. The van der Waals surface area contributed by atoms with Crippen molar-refractivity contribution in [2.24, 2.45) is 5.41 Å². The van der Waals surface area contributed by atoms with Crippen LogP contribution < -0.4 is 0 Å². The van der Waals surface area contributed by atoms with Crippen molar-refractivity contribution >= 4 is 10.0 Å². The van der Waals surface area contributed by atoms with Gasteiger partial charge in [-0.15, -0.1) is 10.2 Å². The molecule has 3 heterocycles. The van der Waals surface area contributed by atoms with Crippen LogP contribution in [0, 0.1) is 5.41 Å². The number of sulfonamides is 1. The summed E-state index contributed by atoms with van der Waals surface area (Å²) >= 11 is 0. The Morgan fingerprint density at radius 3 is 2.42 bits per heavy atom. The highest BCUT2D eigenvalue weighted by molar-refractivity contribution is 7.89. The maximum absolute atomic E-state index is 12.4. The molecule has 0 saturated carbocycles. The first-order chi connectivity index (χ1) is 11.4. The molecule has 1 aromatic heterocycles. The Labute approximate surface area is 144 Å². The molecule has 1 spiro atoms. The van der Waals surface area contributed by atoms with Gasteiger partial charge in [0.05, 0.1) is 5.25 Å². The van der Waals surface area contributed by atoms with Gasteiger partial charge in [-0.3, -0.25) is 0 Å². The summed E-state index contributed by atoms with van der Waals surface area (Å²) in [5, 5.41) is 8.20. The van der Waals surface area contributed by atoms with Crippen LogP contribution >= 0.6 is 0 Å². The van der Waals surface area contributed by atoms with Gasteiger partial charge in [-0.1, -0.05) is 0 Å². The normalized spacial score (nSPS) is 21.8. The third kappa shape index (κ3) is 3.23. The van der Waals surface area contributed by atoms with E-state index in [1.807, 2.05) is 0 Å². The van der Waals surface area contributed by atoms with Crippen LogP contribution in [0.15, 0.2) is 0 Å². The summed E-state index contributed by atoms with van der Waals surface area (Å²) in [4.78, 5) is 0. The van der Waals surface area contributed by atoms with Crippen LogP contribution in [0.5, 0.6) is 0 Å². The zero-order valence-electron chi connectivity index (χ0n) is 14.9. The average molecular weight is 356 g/mol. The van der Waals surface area contributed by atoms with E-state index in [1.54, 1.807) is 25.3 Å². The van der Waals surface area contributed by atoms with E-state index in [0.717, 1.165) is 50.3 Å². The number of fused-ring (bicyclic) bond motifs is 1. The molecule has 136 valence electrons. The van der Waals surface area contributed by atoms with E-state index in [9.17, 15) is 8.42 Å². The van der Waals surface area contributed by atoms with Crippen LogP contribution in [0.4, 0.5) is 0 Å². The van der Waals surface area contributed by atoms with Gasteiger partial charge < -0.3 is 9.30 Å². The van der Waals surface area contributed by atoms with E-state index in [-0.39, 0.29) is 10.7 Å². The van der Waals surface area contributed by atoms with Gasteiger partial charge in [-0.25, -0.2) is 12.7 Å². The monoisotopic (exact) mass is 356 g/mol. The number of ether oxygens (including phenoxy) is 1. The van der Waals surface area contributed by atoms with Gasteiger partial charge in [0.1, 0.15) is 12.4 Å². The molecule has 0 aliphatic carbocycles. The fraction of sp³-hybridized carbons (Fsp3) is 0.875. The van der Waals surface area contributed by atoms with E-state index in [0.29, 0.717) is 19.7 Å². The van der Waals surface area contributed by atoms with E-state index < -0.39 is 10.0 Å². The van der Waals surface area contributed by atoms with Gasteiger partial charge in [0.25, 0.3) is 0 Å².